The number of hydrogen-bond acceptors (Lipinski definition) is 4. The normalized spacial score (nSPS) is 14.0. The molecule has 3 aromatic rings. The Morgan fingerprint density at radius 2 is 2.18 bits per heavy atom. The SMILES string of the molecule is Cc1cccn2cc(COc3ccccc3C(=O)NCC3=CCNCC3)nc12. The number of para-hydroxylation sites is 1. The predicted octanol–water partition coefficient (Wildman–Crippen LogP) is 2.87. The molecule has 2 N–H and O–H groups in total. The quantitative estimate of drug-likeness (QED) is 0.649. The summed E-state index contributed by atoms with van der Waals surface area (Å²) in [5.74, 6) is 0.439. The molecule has 1 aliphatic rings. The van der Waals surface area contributed by atoms with Crippen LogP contribution in [0.15, 0.2) is 60.4 Å². The minimum Gasteiger partial charge on any atom is -0.486 e. The van der Waals surface area contributed by atoms with Crippen molar-refractivity contribution in [3.63, 3.8) is 0 Å². The number of aryl methyl sites for hydroxylation is 1. The highest BCUT2D eigenvalue weighted by Gasteiger charge is 2.14. The Kier molecular flexibility index (Phi) is 5.39. The van der Waals surface area contributed by atoms with Crippen molar-refractivity contribution in [3.8, 4) is 5.75 Å². The van der Waals surface area contributed by atoms with Crippen LogP contribution in [-0.2, 0) is 6.61 Å². The van der Waals surface area contributed by atoms with Crippen molar-refractivity contribution >= 4 is 11.6 Å². The summed E-state index contributed by atoms with van der Waals surface area (Å²) in [4.78, 5) is 17.3. The van der Waals surface area contributed by atoms with Crippen LogP contribution in [0.4, 0.5) is 0 Å². The van der Waals surface area contributed by atoms with E-state index in [1.807, 2.05) is 54.0 Å². The highest BCUT2D eigenvalue weighted by molar-refractivity contribution is 5.97. The predicted molar refractivity (Wildman–Crippen MR) is 109 cm³/mol. The first-order chi connectivity index (χ1) is 13.7. The summed E-state index contributed by atoms with van der Waals surface area (Å²) in [5, 5.41) is 6.27. The summed E-state index contributed by atoms with van der Waals surface area (Å²) < 4.78 is 7.93. The zero-order valence-electron chi connectivity index (χ0n) is 15.9. The second kappa shape index (κ2) is 8.27. The lowest BCUT2D eigenvalue weighted by atomic mass is 10.1. The third-order valence-corrected chi connectivity index (χ3v) is 4.87. The molecule has 0 bridgehead atoms. The third kappa shape index (κ3) is 4.07. The van der Waals surface area contributed by atoms with E-state index < -0.39 is 0 Å². The van der Waals surface area contributed by atoms with Gasteiger partial charge in [0.1, 0.15) is 18.0 Å². The Hall–Kier alpha value is -3.12. The van der Waals surface area contributed by atoms with Gasteiger partial charge in [0, 0.05) is 25.5 Å². The van der Waals surface area contributed by atoms with Crippen LogP contribution in [0, 0.1) is 6.92 Å². The lowest BCUT2D eigenvalue weighted by molar-refractivity contribution is 0.0952. The number of carbonyl (C=O) groups excluding carboxylic acids is 1. The average Bonchev–Trinajstić information content (AvgIpc) is 3.16. The first-order valence-electron chi connectivity index (χ1n) is 9.52. The molecule has 0 saturated carbocycles. The van der Waals surface area contributed by atoms with Crippen molar-refractivity contribution in [2.24, 2.45) is 0 Å². The fourth-order valence-corrected chi connectivity index (χ4v) is 3.32. The molecule has 1 aliphatic heterocycles. The second-order valence-electron chi connectivity index (χ2n) is 6.94. The van der Waals surface area contributed by atoms with Crippen LogP contribution in [0.3, 0.4) is 0 Å². The molecule has 144 valence electrons. The van der Waals surface area contributed by atoms with Gasteiger partial charge in [-0.1, -0.05) is 29.8 Å². The van der Waals surface area contributed by atoms with Crippen LogP contribution in [-0.4, -0.2) is 34.9 Å². The maximum absolute atomic E-state index is 12.7. The Morgan fingerprint density at radius 3 is 3.00 bits per heavy atom. The van der Waals surface area contributed by atoms with Gasteiger partial charge in [-0.3, -0.25) is 4.79 Å². The van der Waals surface area contributed by atoms with Gasteiger partial charge in [0.2, 0.25) is 0 Å². The number of fused-ring (bicyclic) bond motifs is 1. The van der Waals surface area contributed by atoms with E-state index in [-0.39, 0.29) is 5.91 Å². The number of hydrogen-bond donors (Lipinski definition) is 2. The molecule has 1 amide bonds. The lowest BCUT2D eigenvalue weighted by Gasteiger charge is -2.15. The minimum atomic E-state index is -0.124. The van der Waals surface area contributed by atoms with Gasteiger partial charge in [0.25, 0.3) is 5.91 Å². The Balaban J connectivity index is 1.44. The fraction of sp³-hybridized carbons (Fsp3) is 0.273. The molecule has 0 unspecified atom stereocenters. The lowest BCUT2D eigenvalue weighted by Crippen LogP contribution is -2.29. The highest BCUT2D eigenvalue weighted by Crippen LogP contribution is 2.20. The summed E-state index contributed by atoms with van der Waals surface area (Å²) >= 11 is 0. The zero-order chi connectivity index (χ0) is 19.3. The van der Waals surface area contributed by atoms with Crippen LogP contribution >= 0.6 is 0 Å². The molecule has 0 saturated heterocycles. The summed E-state index contributed by atoms with van der Waals surface area (Å²) in [7, 11) is 0. The van der Waals surface area contributed by atoms with Gasteiger partial charge in [-0.2, -0.15) is 0 Å². The third-order valence-electron chi connectivity index (χ3n) is 4.87. The number of carbonyl (C=O) groups is 1. The van der Waals surface area contributed by atoms with E-state index in [0.29, 0.717) is 24.5 Å². The number of imidazole rings is 1. The van der Waals surface area contributed by atoms with E-state index in [2.05, 4.69) is 21.7 Å². The van der Waals surface area contributed by atoms with Crippen molar-refractivity contribution in [2.75, 3.05) is 19.6 Å². The molecule has 6 heteroatoms. The molecule has 1 aromatic carbocycles. The molecule has 0 atom stereocenters. The summed E-state index contributed by atoms with van der Waals surface area (Å²) in [6.07, 6.45) is 7.02. The number of amides is 1. The van der Waals surface area contributed by atoms with Gasteiger partial charge in [0.05, 0.1) is 11.3 Å². The molecular weight excluding hydrogens is 352 g/mol. The van der Waals surface area contributed by atoms with Crippen LogP contribution in [0.1, 0.15) is 28.0 Å². The van der Waals surface area contributed by atoms with E-state index in [1.165, 1.54) is 5.57 Å². The number of aromatic nitrogens is 2. The smallest absolute Gasteiger partial charge is 0.255 e. The fourth-order valence-electron chi connectivity index (χ4n) is 3.32. The summed E-state index contributed by atoms with van der Waals surface area (Å²) in [6.45, 7) is 4.73. The van der Waals surface area contributed by atoms with Gasteiger partial charge >= 0.3 is 0 Å². The van der Waals surface area contributed by atoms with Crippen LogP contribution in [0.2, 0.25) is 0 Å². The molecule has 0 fully saturated rings. The Labute approximate surface area is 164 Å². The summed E-state index contributed by atoms with van der Waals surface area (Å²) in [5.41, 5.74) is 4.65. The first kappa shape index (κ1) is 18.3. The number of nitrogens with zero attached hydrogens (tertiary/aromatic N) is 2. The van der Waals surface area contributed by atoms with E-state index in [4.69, 9.17) is 4.74 Å². The van der Waals surface area contributed by atoms with Crippen molar-refractivity contribution in [1.82, 2.24) is 20.0 Å². The van der Waals surface area contributed by atoms with Gasteiger partial charge in [-0.25, -0.2) is 4.98 Å². The molecule has 6 nitrogen and oxygen atoms in total. The monoisotopic (exact) mass is 376 g/mol. The van der Waals surface area contributed by atoms with Crippen molar-refractivity contribution in [2.45, 2.75) is 20.0 Å². The Morgan fingerprint density at radius 1 is 1.29 bits per heavy atom. The molecule has 28 heavy (non-hydrogen) atoms. The average molecular weight is 376 g/mol. The Bertz CT molecular complexity index is 1020. The number of rotatable bonds is 6. The largest absolute Gasteiger partial charge is 0.486 e. The summed E-state index contributed by atoms with van der Waals surface area (Å²) in [6, 6.07) is 11.3. The number of benzene rings is 1. The maximum Gasteiger partial charge on any atom is 0.255 e. The van der Waals surface area contributed by atoms with E-state index in [9.17, 15) is 4.79 Å². The molecule has 3 heterocycles. The molecular formula is C22H24N4O2. The van der Waals surface area contributed by atoms with Crippen molar-refractivity contribution < 1.29 is 9.53 Å². The molecule has 0 spiro atoms. The number of pyridine rings is 1. The molecule has 0 aliphatic carbocycles. The highest BCUT2D eigenvalue weighted by atomic mass is 16.5. The van der Waals surface area contributed by atoms with Crippen molar-refractivity contribution in [3.05, 3.63) is 77.3 Å². The van der Waals surface area contributed by atoms with E-state index in [0.717, 1.165) is 36.4 Å². The van der Waals surface area contributed by atoms with Gasteiger partial charge in [-0.15, -0.1) is 0 Å². The van der Waals surface area contributed by atoms with Gasteiger partial charge in [-0.05, 0) is 43.7 Å². The second-order valence-corrected chi connectivity index (χ2v) is 6.94. The standard InChI is InChI=1S/C22H24N4O2/c1-16-5-4-12-26-14-18(25-21(16)26)15-28-20-7-3-2-6-19(20)22(27)24-13-17-8-10-23-11-9-17/h2-8,12,14,23H,9-11,13,15H2,1H3,(H,24,27). The van der Waals surface area contributed by atoms with Crippen LogP contribution in [0.25, 0.3) is 5.65 Å². The van der Waals surface area contributed by atoms with E-state index in [1.54, 1.807) is 6.07 Å². The number of nitrogens with one attached hydrogen (secondary N) is 2. The minimum absolute atomic E-state index is 0.124. The van der Waals surface area contributed by atoms with Crippen LogP contribution in [0.5, 0.6) is 5.75 Å². The maximum atomic E-state index is 12.7. The number of ether oxygens (including phenoxy) is 1. The van der Waals surface area contributed by atoms with Crippen molar-refractivity contribution in [1.29, 1.82) is 0 Å². The van der Waals surface area contributed by atoms with Gasteiger partial charge < -0.3 is 19.8 Å². The van der Waals surface area contributed by atoms with E-state index >= 15 is 0 Å². The molecule has 2 aromatic heterocycles. The topological polar surface area (TPSA) is 67.7 Å². The first-order valence-corrected chi connectivity index (χ1v) is 9.52. The zero-order valence-corrected chi connectivity index (χ0v) is 15.9. The van der Waals surface area contributed by atoms with Gasteiger partial charge in [0.15, 0.2) is 0 Å². The molecule has 4 rings (SSSR count). The molecule has 0 radical (unpaired) electrons. The van der Waals surface area contributed by atoms with Crippen LogP contribution < -0.4 is 15.4 Å².